The predicted octanol–water partition coefficient (Wildman–Crippen LogP) is 5.62. The fourth-order valence-electron chi connectivity index (χ4n) is 2.36. The summed E-state index contributed by atoms with van der Waals surface area (Å²) in [4.78, 5) is 12.7. The SMILES string of the molecule is Cc1ccc(NC(=S)NC(=O)c2cc(Br)ccc2OCCC(C)C)cc1C. The summed E-state index contributed by atoms with van der Waals surface area (Å²) in [7, 11) is 0. The number of nitrogens with one attached hydrogen (secondary N) is 2. The Morgan fingerprint density at radius 2 is 1.89 bits per heavy atom. The van der Waals surface area contributed by atoms with Crippen LogP contribution in [0.25, 0.3) is 0 Å². The third-order valence-corrected chi connectivity index (χ3v) is 4.83. The van der Waals surface area contributed by atoms with Crippen LogP contribution in [0.5, 0.6) is 5.75 Å². The number of rotatable bonds is 6. The first-order chi connectivity index (χ1) is 12.8. The van der Waals surface area contributed by atoms with Crippen LogP contribution in [-0.2, 0) is 0 Å². The Morgan fingerprint density at radius 3 is 2.56 bits per heavy atom. The first-order valence-corrected chi connectivity index (χ1v) is 10.1. The second-order valence-electron chi connectivity index (χ2n) is 6.88. The maximum Gasteiger partial charge on any atom is 0.261 e. The van der Waals surface area contributed by atoms with Crippen LogP contribution < -0.4 is 15.4 Å². The van der Waals surface area contributed by atoms with Crippen LogP contribution in [0.15, 0.2) is 40.9 Å². The fourth-order valence-corrected chi connectivity index (χ4v) is 2.93. The van der Waals surface area contributed by atoms with E-state index in [1.807, 2.05) is 38.1 Å². The van der Waals surface area contributed by atoms with Crippen LogP contribution in [0.1, 0.15) is 41.8 Å². The van der Waals surface area contributed by atoms with Gasteiger partial charge in [-0.1, -0.05) is 35.8 Å². The van der Waals surface area contributed by atoms with E-state index in [1.54, 1.807) is 12.1 Å². The van der Waals surface area contributed by atoms with E-state index in [-0.39, 0.29) is 11.0 Å². The van der Waals surface area contributed by atoms with Gasteiger partial charge in [-0.3, -0.25) is 10.1 Å². The van der Waals surface area contributed by atoms with Gasteiger partial charge in [0.2, 0.25) is 0 Å². The van der Waals surface area contributed by atoms with Crippen molar-refractivity contribution < 1.29 is 9.53 Å². The average molecular weight is 449 g/mol. The van der Waals surface area contributed by atoms with Crippen LogP contribution in [0, 0.1) is 19.8 Å². The van der Waals surface area contributed by atoms with Crippen LogP contribution in [0.4, 0.5) is 5.69 Å². The smallest absolute Gasteiger partial charge is 0.261 e. The van der Waals surface area contributed by atoms with Gasteiger partial charge in [0.15, 0.2) is 5.11 Å². The molecule has 0 aliphatic carbocycles. The van der Waals surface area contributed by atoms with E-state index in [2.05, 4.69) is 40.4 Å². The second kappa shape index (κ2) is 9.85. The van der Waals surface area contributed by atoms with Gasteiger partial charge in [-0.2, -0.15) is 0 Å². The molecule has 0 fully saturated rings. The summed E-state index contributed by atoms with van der Waals surface area (Å²) in [5.41, 5.74) is 3.64. The molecule has 144 valence electrons. The van der Waals surface area contributed by atoms with Gasteiger partial charge in [0, 0.05) is 10.2 Å². The van der Waals surface area contributed by atoms with Crippen molar-refractivity contribution in [2.24, 2.45) is 5.92 Å². The highest BCUT2D eigenvalue weighted by molar-refractivity contribution is 9.10. The van der Waals surface area contributed by atoms with Crippen LogP contribution in [-0.4, -0.2) is 17.6 Å². The Bertz CT molecular complexity index is 837. The van der Waals surface area contributed by atoms with Gasteiger partial charge in [0.05, 0.1) is 12.2 Å². The van der Waals surface area contributed by atoms with E-state index >= 15 is 0 Å². The zero-order valence-corrected chi connectivity index (χ0v) is 18.5. The highest BCUT2D eigenvalue weighted by Crippen LogP contribution is 2.24. The summed E-state index contributed by atoms with van der Waals surface area (Å²) in [6.07, 6.45) is 0.921. The van der Waals surface area contributed by atoms with Gasteiger partial charge in [0.1, 0.15) is 5.75 Å². The number of aryl methyl sites for hydroxylation is 2. The minimum Gasteiger partial charge on any atom is -0.493 e. The number of hydrogen-bond donors (Lipinski definition) is 2. The molecular formula is C21H25BrN2O2S. The normalized spacial score (nSPS) is 10.6. The lowest BCUT2D eigenvalue weighted by atomic mass is 10.1. The minimum atomic E-state index is -0.308. The molecule has 0 saturated heterocycles. The van der Waals surface area contributed by atoms with E-state index in [1.165, 1.54) is 5.56 Å². The summed E-state index contributed by atoms with van der Waals surface area (Å²) < 4.78 is 6.61. The number of ether oxygens (including phenoxy) is 1. The van der Waals surface area contributed by atoms with E-state index in [0.717, 1.165) is 22.1 Å². The Morgan fingerprint density at radius 1 is 1.15 bits per heavy atom. The molecule has 1 amide bonds. The van der Waals surface area contributed by atoms with Gasteiger partial charge in [-0.25, -0.2) is 0 Å². The average Bonchev–Trinajstić information content (AvgIpc) is 2.59. The van der Waals surface area contributed by atoms with Gasteiger partial charge in [-0.15, -0.1) is 0 Å². The Kier molecular flexibility index (Phi) is 7.80. The molecule has 0 unspecified atom stereocenters. The number of hydrogen-bond acceptors (Lipinski definition) is 3. The van der Waals surface area contributed by atoms with E-state index in [9.17, 15) is 4.79 Å². The maximum atomic E-state index is 12.7. The lowest BCUT2D eigenvalue weighted by Crippen LogP contribution is -2.34. The van der Waals surface area contributed by atoms with Crippen molar-refractivity contribution >= 4 is 44.9 Å². The number of halogens is 1. The molecule has 2 rings (SSSR count). The lowest BCUT2D eigenvalue weighted by molar-refractivity contribution is 0.0973. The van der Waals surface area contributed by atoms with Crippen molar-refractivity contribution in [3.63, 3.8) is 0 Å². The van der Waals surface area contributed by atoms with Gasteiger partial charge in [-0.05, 0) is 79.9 Å². The molecule has 2 N–H and O–H groups in total. The van der Waals surface area contributed by atoms with Crippen LogP contribution in [0.3, 0.4) is 0 Å². The largest absolute Gasteiger partial charge is 0.493 e. The number of carbonyl (C=O) groups is 1. The van der Waals surface area contributed by atoms with Gasteiger partial charge >= 0.3 is 0 Å². The van der Waals surface area contributed by atoms with Gasteiger partial charge in [0.25, 0.3) is 5.91 Å². The molecule has 6 heteroatoms. The van der Waals surface area contributed by atoms with Crippen molar-refractivity contribution in [1.29, 1.82) is 0 Å². The molecule has 0 aromatic heterocycles. The van der Waals surface area contributed by atoms with Crippen LogP contribution in [0.2, 0.25) is 0 Å². The summed E-state index contributed by atoms with van der Waals surface area (Å²) in [5, 5.41) is 6.02. The summed E-state index contributed by atoms with van der Waals surface area (Å²) in [6, 6.07) is 11.3. The third-order valence-electron chi connectivity index (χ3n) is 4.13. The van der Waals surface area contributed by atoms with Gasteiger partial charge < -0.3 is 10.1 Å². The summed E-state index contributed by atoms with van der Waals surface area (Å²) in [5.74, 6) is 0.773. The summed E-state index contributed by atoms with van der Waals surface area (Å²) >= 11 is 8.70. The molecule has 27 heavy (non-hydrogen) atoms. The molecular weight excluding hydrogens is 424 g/mol. The van der Waals surface area contributed by atoms with E-state index < -0.39 is 0 Å². The Labute approximate surface area is 174 Å². The van der Waals surface area contributed by atoms with Crippen molar-refractivity contribution in [2.45, 2.75) is 34.1 Å². The van der Waals surface area contributed by atoms with E-state index in [0.29, 0.717) is 23.8 Å². The molecule has 4 nitrogen and oxygen atoms in total. The fraction of sp³-hybridized carbons (Fsp3) is 0.333. The number of amides is 1. The first-order valence-electron chi connectivity index (χ1n) is 8.88. The minimum absolute atomic E-state index is 0.247. The summed E-state index contributed by atoms with van der Waals surface area (Å²) in [6.45, 7) is 8.91. The Hall–Kier alpha value is -1.92. The molecule has 2 aromatic carbocycles. The molecule has 0 aliphatic rings. The highest BCUT2D eigenvalue weighted by atomic mass is 79.9. The molecule has 0 spiro atoms. The van der Waals surface area contributed by atoms with Crippen molar-refractivity contribution in [1.82, 2.24) is 5.32 Å². The third kappa shape index (κ3) is 6.63. The second-order valence-corrected chi connectivity index (χ2v) is 8.20. The molecule has 0 bridgehead atoms. The standard InChI is InChI=1S/C21H25BrN2O2S/c1-13(2)9-10-26-19-8-6-16(22)12-18(19)20(25)24-21(27)23-17-7-5-14(3)15(4)11-17/h5-8,11-13H,9-10H2,1-4H3,(H2,23,24,25,27). The van der Waals surface area contributed by atoms with Crippen LogP contribution >= 0.6 is 28.1 Å². The van der Waals surface area contributed by atoms with Crippen molar-refractivity contribution in [3.05, 3.63) is 57.6 Å². The Balaban J connectivity index is 2.06. The topological polar surface area (TPSA) is 50.4 Å². The zero-order chi connectivity index (χ0) is 20.0. The van der Waals surface area contributed by atoms with Crippen molar-refractivity contribution in [3.8, 4) is 5.75 Å². The first kappa shape index (κ1) is 21.4. The predicted molar refractivity (Wildman–Crippen MR) is 119 cm³/mol. The number of benzene rings is 2. The molecule has 0 atom stereocenters. The zero-order valence-electron chi connectivity index (χ0n) is 16.1. The molecule has 0 heterocycles. The molecule has 0 radical (unpaired) electrons. The molecule has 0 saturated carbocycles. The lowest BCUT2D eigenvalue weighted by Gasteiger charge is -2.14. The quantitative estimate of drug-likeness (QED) is 0.563. The maximum absolute atomic E-state index is 12.7. The molecule has 2 aromatic rings. The number of thiocarbonyl (C=S) groups is 1. The molecule has 0 aliphatic heterocycles. The number of anilines is 1. The number of carbonyl (C=O) groups excluding carboxylic acids is 1. The van der Waals surface area contributed by atoms with E-state index in [4.69, 9.17) is 17.0 Å². The van der Waals surface area contributed by atoms with Crippen molar-refractivity contribution in [2.75, 3.05) is 11.9 Å². The monoisotopic (exact) mass is 448 g/mol. The highest BCUT2D eigenvalue weighted by Gasteiger charge is 2.15.